The van der Waals surface area contributed by atoms with Crippen LogP contribution >= 0.6 is 0 Å². The fraction of sp³-hybridized carbons (Fsp3) is 0.723. The zero-order valence-corrected chi connectivity index (χ0v) is 36.7. The van der Waals surface area contributed by atoms with Crippen LogP contribution in [0.1, 0.15) is 104 Å². The summed E-state index contributed by atoms with van der Waals surface area (Å²) in [6.07, 6.45) is 6.49. The van der Waals surface area contributed by atoms with Gasteiger partial charge in [0.25, 0.3) is 11.7 Å². The molecule has 4 aliphatic heterocycles. The molecule has 338 valence electrons. The van der Waals surface area contributed by atoms with E-state index in [0.29, 0.717) is 56.9 Å². The van der Waals surface area contributed by atoms with E-state index in [2.05, 4.69) is 4.98 Å². The van der Waals surface area contributed by atoms with Crippen molar-refractivity contribution in [3.63, 3.8) is 0 Å². The molecule has 61 heavy (non-hydrogen) atoms. The molecule has 4 N–H and O–H groups in total. The normalized spacial score (nSPS) is 41.2. The van der Waals surface area contributed by atoms with Crippen molar-refractivity contribution in [1.29, 1.82) is 0 Å². The molecular weight excluding hydrogens is 785 g/mol. The molecule has 3 saturated heterocycles. The van der Waals surface area contributed by atoms with Crippen molar-refractivity contribution in [3.05, 3.63) is 53.4 Å². The monoisotopic (exact) mass is 852 g/mol. The molecule has 4 bridgehead atoms. The van der Waals surface area contributed by atoms with Gasteiger partial charge in [-0.3, -0.25) is 19.4 Å². The van der Waals surface area contributed by atoms with E-state index in [0.717, 1.165) is 17.6 Å². The van der Waals surface area contributed by atoms with Crippen molar-refractivity contribution in [2.45, 2.75) is 159 Å². The Hall–Kier alpha value is -3.37. The van der Waals surface area contributed by atoms with Crippen LogP contribution in [0.5, 0.6) is 0 Å². The molecule has 5 heterocycles. The maximum atomic E-state index is 14.4. The minimum atomic E-state index is -2.61. The number of ketones is 2. The first-order valence-electron chi connectivity index (χ1n) is 22.4. The number of rotatable bonds is 7. The Kier molecular flexibility index (Phi) is 15.8. The van der Waals surface area contributed by atoms with E-state index >= 15 is 0 Å². The van der Waals surface area contributed by atoms with Crippen LogP contribution in [-0.2, 0) is 44.5 Å². The number of carbonyl (C=O) groups excluding carboxylic acids is 4. The van der Waals surface area contributed by atoms with Gasteiger partial charge in [-0.2, -0.15) is 0 Å². The van der Waals surface area contributed by atoms with Crippen LogP contribution in [0.15, 0.2) is 47.8 Å². The highest BCUT2D eigenvalue weighted by molar-refractivity contribution is 6.39. The van der Waals surface area contributed by atoms with Gasteiger partial charge >= 0.3 is 5.97 Å². The molecule has 14 nitrogen and oxygen atoms in total. The summed E-state index contributed by atoms with van der Waals surface area (Å²) in [6, 6.07) is 2.70. The Labute approximate surface area is 360 Å². The molecular formula is C47H68N2O12. The summed E-state index contributed by atoms with van der Waals surface area (Å²) in [7, 11) is 3.02. The molecule has 1 saturated carbocycles. The van der Waals surface area contributed by atoms with E-state index in [1.165, 1.54) is 12.0 Å². The number of pyridine rings is 1. The molecule has 4 fully saturated rings. The minimum absolute atomic E-state index is 0.0520. The van der Waals surface area contributed by atoms with Gasteiger partial charge in [-0.1, -0.05) is 38.5 Å². The summed E-state index contributed by atoms with van der Waals surface area (Å²) in [5.41, 5.74) is 2.73. The fourth-order valence-electron chi connectivity index (χ4n) is 10.7. The Balaban J connectivity index is 1.39. The molecule has 0 aromatic carbocycles. The molecule has 1 aliphatic carbocycles. The van der Waals surface area contributed by atoms with E-state index in [1.54, 1.807) is 33.4 Å². The summed E-state index contributed by atoms with van der Waals surface area (Å²) in [5.74, 6) is -8.74. The number of esters is 1. The SMILES string of the molecule is CO[C@H]1C[C@@H](C)[C@@]2(O)O[C@@H]1[C@@H](O)C[C@@H](C)C/C(C)=C/[C@@H](CCCc1ccncc1)C(=O)C[C@H](O)[C@@H](C)[C@@H]1OC(=O)[C@@H]3C(CCCN3C(=O)C2=O)/C1=C\[C@@H]1CC[C@@H](O)[C@H](OC)C1. The third kappa shape index (κ3) is 10.5. The second-order valence-corrected chi connectivity index (χ2v) is 18.7. The van der Waals surface area contributed by atoms with E-state index in [9.17, 15) is 39.6 Å². The second kappa shape index (κ2) is 20.4. The third-order valence-corrected chi connectivity index (χ3v) is 14.2. The highest BCUT2D eigenvalue weighted by Crippen LogP contribution is 2.44. The molecule has 5 aliphatic rings. The average molecular weight is 853 g/mol. The zero-order chi connectivity index (χ0) is 44.2. The number of piperidine rings is 1. The van der Waals surface area contributed by atoms with Gasteiger partial charge < -0.3 is 44.3 Å². The Bertz CT molecular complexity index is 1770. The number of aromatic nitrogens is 1. The summed E-state index contributed by atoms with van der Waals surface area (Å²) in [4.78, 5) is 62.6. The van der Waals surface area contributed by atoms with Gasteiger partial charge in [0.15, 0.2) is 0 Å². The van der Waals surface area contributed by atoms with Gasteiger partial charge in [0, 0.05) is 63.3 Å². The van der Waals surface area contributed by atoms with Gasteiger partial charge in [0.1, 0.15) is 24.0 Å². The maximum absolute atomic E-state index is 14.4. The molecule has 1 aromatic heterocycles. The minimum Gasteiger partial charge on any atom is -0.456 e. The molecule has 0 spiro atoms. The van der Waals surface area contributed by atoms with E-state index in [1.807, 2.05) is 38.1 Å². The van der Waals surface area contributed by atoms with Gasteiger partial charge in [-0.05, 0) is 113 Å². The first-order chi connectivity index (χ1) is 29.1. The lowest BCUT2D eigenvalue weighted by Crippen LogP contribution is -2.66. The number of aliphatic hydroxyl groups is 4. The molecule has 1 aromatic rings. The first-order valence-corrected chi connectivity index (χ1v) is 22.4. The fourth-order valence-corrected chi connectivity index (χ4v) is 10.7. The summed E-state index contributed by atoms with van der Waals surface area (Å²) < 4.78 is 23.7. The van der Waals surface area contributed by atoms with Crippen molar-refractivity contribution in [1.82, 2.24) is 9.88 Å². The van der Waals surface area contributed by atoms with Crippen molar-refractivity contribution >= 4 is 23.4 Å². The van der Waals surface area contributed by atoms with Crippen LogP contribution in [-0.4, -0.2) is 129 Å². The lowest BCUT2D eigenvalue weighted by Gasteiger charge is -2.49. The number of allylic oxidation sites excluding steroid dienone is 3. The summed E-state index contributed by atoms with van der Waals surface area (Å²) in [5, 5.41) is 46.2. The molecule has 15 atom stereocenters. The van der Waals surface area contributed by atoms with E-state index in [4.69, 9.17) is 18.9 Å². The number of hydrogen-bond donors (Lipinski definition) is 4. The van der Waals surface area contributed by atoms with Crippen LogP contribution in [0.3, 0.4) is 0 Å². The van der Waals surface area contributed by atoms with Crippen LogP contribution < -0.4 is 0 Å². The highest BCUT2D eigenvalue weighted by Gasteiger charge is 2.58. The van der Waals surface area contributed by atoms with Gasteiger partial charge in [-0.15, -0.1) is 0 Å². The number of methoxy groups -OCH3 is 2. The predicted molar refractivity (Wildman–Crippen MR) is 223 cm³/mol. The number of ether oxygens (including phenoxy) is 4. The number of nitrogens with zero attached hydrogens (tertiary/aromatic N) is 2. The number of aliphatic hydroxyl groups excluding tert-OH is 3. The average Bonchev–Trinajstić information content (AvgIpc) is 3.24. The number of carbonyl (C=O) groups is 4. The first kappa shape index (κ1) is 47.1. The van der Waals surface area contributed by atoms with Gasteiger partial charge in [-0.25, -0.2) is 4.79 Å². The van der Waals surface area contributed by atoms with Gasteiger partial charge in [0.2, 0.25) is 5.79 Å². The summed E-state index contributed by atoms with van der Waals surface area (Å²) in [6.45, 7) is 7.32. The molecule has 1 unspecified atom stereocenters. The maximum Gasteiger partial charge on any atom is 0.330 e. The van der Waals surface area contributed by atoms with Gasteiger partial charge in [0.05, 0.1) is 30.5 Å². The number of hydrogen-bond acceptors (Lipinski definition) is 13. The highest BCUT2D eigenvalue weighted by atomic mass is 16.7. The number of amides is 1. The Morgan fingerprint density at radius 1 is 0.918 bits per heavy atom. The smallest absolute Gasteiger partial charge is 0.330 e. The number of aryl methyl sites for hydroxylation is 1. The Morgan fingerprint density at radius 3 is 2.34 bits per heavy atom. The third-order valence-electron chi connectivity index (χ3n) is 14.2. The molecule has 0 radical (unpaired) electrons. The predicted octanol–water partition coefficient (Wildman–Crippen LogP) is 4.05. The molecule has 1 amide bonds. The second-order valence-electron chi connectivity index (χ2n) is 18.7. The van der Waals surface area contributed by atoms with Crippen LogP contribution in [0.2, 0.25) is 0 Å². The van der Waals surface area contributed by atoms with Crippen LogP contribution in [0.4, 0.5) is 0 Å². The lowest BCUT2D eigenvalue weighted by atomic mass is 9.72. The van der Waals surface area contributed by atoms with Crippen molar-refractivity contribution < 1.29 is 58.6 Å². The van der Waals surface area contributed by atoms with E-state index in [-0.39, 0.29) is 43.4 Å². The zero-order valence-electron chi connectivity index (χ0n) is 36.7. The lowest BCUT2D eigenvalue weighted by molar-refractivity contribution is -0.301. The largest absolute Gasteiger partial charge is 0.456 e. The van der Waals surface area contributed by atoms with E-state index < -0.39 is 95.9 Å². The topological polar surface area (TPSA) is 202 Å². The quantitative estimate of drug-likeness (QED) is 0.174. The molecule has 6 rings (SSSR count). The van der Waals surface area contributed by atoms with Crippen molar-refractivity contribution in [3.8, 4) is 0 Å². The Morgan fingerprint density at radius 2 is 1.64 bits per heavy atom. The van der Waals surface area contributed by atoms with Crippen LogP contribution in [0, 0.1) is 35.5 Å². The van der Waals surface area contributed by atoms with Crippen molar-refractivity contribution in [2.24, 2.45) is 35.5 Å². The number of fused-ring (bicyclic) bond motifs is 4. The van der Waals surface area contributed by atoms with Crippen molar-refractivity contribution in [2.75, 3.05) is 20.8 Å². The number of Topliss-reactive ketones (excluding diaryl/α,β-unsaturated/α-hetero) is 2. The standard InChI is InChI=1S/C47H68N2O12/c1-26-19-27(2)21-38(53)43-40(59-6)22-28(3)47(57,61-43)44(54)45(55)49-18-8-11-33-34(23-31-12-13-35(50)39(24-31)58-5)42(60-46(56)41(33)49)29(4)36(51)25-37(52)32(20-26)10-7-9-30-14-16-48-17-15-30/h14-17,20,23,27-29,31-33,35-36,38-43,50-51,53,57H,7-13,18-19,21-22,24-25H2,1-6H3/b26-20+,34-23+/t27-,28+,29+,31-,32+,33?,35+,36-,38-,39+,40-,41-,42-,43+,47+/m0/s1. The molecule has 14 heteroatoms. The summed E-state index contributed by atoms with van der Waals surface area (Å²) >= 11 is 0. The van der Waals surface area contributed by atoms with Crippen LogP contribution in [0.25, 0.3) is 0 Å².